The number of halogens is 1. The third-order valence-corrected chi connectivity index (χ3v) is 3.83. The van der Waals surface area contributed by atoms with E-state index in [9.17, 15) is 0 Å². The highest BCUT2D eigenvalue weighted by atomic mass is 35.5. The minimum absolute atomic E-state index is 0.684. The molecule has 2 heteroatoms. The van der Waals surface area contributed by atoms with Crippen molar-refractivity contribution in [1.82, 2.24) is 5.32 Å². The molecular weight excluding hydrogens is 206 g/mol. The minimum Gasteiger partial charge on any atom is -0.311 e. The van der Waals surface area contributed by atoms with Gasteiger partial charge in [0.2, 0.25) is 0 Å². The van der Waals surface area contributed by atoms with Crippen LogP contribution in [0, 0.1) is 0 Å². The van der Waals surface area contributed by atoms with Gasteiger partial charge in [0, 0.05) is 17.1 Å². The van der Waals surface area contributed by atoms with Gasteiger partial charge in [-0.25, -0.2) is 0 Å². The van der Waals surface area contributed by atoms with E-state index in [1.54, 1.807) is 0 Å². The molecule has 0 spiro atoms. The molecule has 15 heavy (non-hydrogen) atoms. The maximum absolute atomic E-state index is 6.19. The summed E-state index contributed by atoms with van der Waals surface area (Å²) in [4.78, 5) is 0. The van der Waals surface area contributed by atoms with E-state index < -0.39 is 0 Å². The summed E-state index contributed by atoms with van der Waals surface area (Å²) in [5, 5.41) is 4.67. The van der Waals surface area contributed by atoms with Gasteiger partial charge in [-0.3, -0.25) is 0 Å². The van der Waals surface area contributed by atoms with E-state index in [1.807, 2.05) is 6.07 Å². The summed E-state index contributed by atoms with van der Waals surface area (Å²) in [6, 6.07) is 7.80. The van der Waals surface area contributed by atoms with Gasteiger partial charge in [0.25, 0.3) is 0 Å². The van der Waals surface area contributed by atoms with Gasteiger partial charge in [-0.15, -0.1) is 0 Å². The molecular formula is C13H16ClN. The Hall–Kier alpha value is -0.530. The third-order valence-electron chi connectivity index (χ3n) is 3.47. The zero-order valence-electron chi connectivity index (χ0n) is 8.80. The Morgan fingerprint density at radius 1 is 1.13 bits per heavy atom. The van der Waals surface area contributed by atoms with Crippen molar-refractivity contribution < 1.29 is 0 Å². The van der Waals surface area contributed by atoms with Gasteiger partial charge in [0.1, 0.15) is 0 Å². The number of hydrogen-bond acceptors (Lipinski definition) is 1. The zero-order chi connectivity index (χ0) is 10.3. The van der Waals surface area contributed by atoms with Gasteiger partial charge in [-0.2, -0.15) is 0 Å². The number of fused-ring (bicyclic) bond motifs is 1. The lowest BCUT2D eigenvalue weighted by Gasteiger charge is -2.26. The van der Waals surface area contributed by atoms with Gasteiger partial charge in [0.05, 0.1) is 0 Å². The minimum atomic E-state index is 0.684. The van der Waals surface area contributed by atoms with Crippen LogP contribution in [0.25, 0.3) is 0 Å². The lowest BCUT2D eigenvalue weighted by molar-refractivity contribution is 0.456. The van der Waals surface area contributed by atoms with Crippen molar-refractivity contribution in [2.45, 2.75) is 44.2 Å². The molecule has 0 aromatic heterocycles. The maximum Gasteiger partial charge on any atom is 0.0440 e. The average molecular weight is 222 g/mol. The van der Waals surface area contributed by atoms with Gasteiger partial charge in [0.15, 0.2) is 0 Å². The highest BCUT2D eigenvalue weighted by Gasteiger charge is 2.27. The van der Waals surface area contributed by atoms with Crippen LogP contribution in [0.2, 0.25) is 5.02 Å². The predicted molar refractivity (Wildman–Crippen MR) is 63.4 cm³/mol. The molecule has 1 atom stereocenters. The molecule has 1 saturated carbocycles. The summed E-state index contributed by atoms with van der Waals surface area (Å²) in [6.45, 7) is 0. The van der Waals surface area contributed by atoms with Crippen LogP contribution in [-0.2, 0) is 12.8 Å². The Labute approximate surface area is 95.8 Å². The van der Waals surface area contributed by atoms with E-state index in [0.717, 1.165) is 23.9 Å². The monoisotopic (exact) mass is 221 g/mol. The summed E-state index contributed by atoms with van der Waals surface area (Å²) >= 11 is 6.19. The Balaban J connectivity index is 1.77. The van der Waals surface area contributed by atoms with Gasteiger partial charge in [-0.05, 0) is 49.3 Å². The van der Waals surface area contributed by atoms with Crippen LogP contribution in [0.15, 0.2) is 18.2 Å². The Bertz CT molecular complexity index is 371. The average Bonchev–Trinajstić information content (AvgIpc) is 3.02. The summed E-state index contributed by atoms with van der Waals surface area (Å²) in [7, 11) is 0. The predicted octanol–water partition coefficient (Wildman–Crippen LogP) is 2.95. The van der Waals surface area contributed by atoms with E-state index in [2.05, 4.69) is 17.4 Å². The Morgan fingerprint density at radius 3 is 2.80 bits per heavy atom. The van der Waals surface area contributed by atoms with Crippen molar-refractivity contribution in [3.8, 4) is 0 Å². The molecule has 0 aliphatic heterocycles. The number of rotatable bonds is 2. The fourth-order valence-corrected chi connectivity index (χ4v) is 2.77. The fraction of sp³-hybridized carbons (Fsp3) is 0.538. The molecule has 0 saturated heterocycles. The van der Waals surface area contributed by atoms with E-state index in [1.165, 1.54) is 30.4 Å². The molecule has 1 aromatic rings. The molecule has 0 heterocycles. The maximum atomic E-state index is 6.19. The standard InChI is InChI=1S/C13H16ClN/c14-13-3-1-2-9-8-11(6-7-12(9)13)15-10-4-5-10/h1-3,10-11,15H,4-8H2. The second-order valence-electron chi connectivity index (χ2n) is 4.76. The van der Waals surface area contributed by atoms with E-state index in [0.29, 0.717) is 6.04 Å². The van der Waals surface area contributed by atoms with Crippen LogP contribution in [0.3, 0.4) is 0 Å². The molecule has 80 valence electrons. The first-order valence-electron chi connectivity index (χ1n) is 5.85. The molecule has 1 fully saturated rings. The highest BCUT2D eigenvalue weighted by Crippen LogP contribution is 2.29. The smallest absolute Gasteiger partial charge is 0.0440 e. The molecule has 2 aliphatic rings. The zero-order valence-corrected chi connectivity index (χ0v) is 9.56. The molecule has 1 aromatic carbocycles. The van der Waals surface area contributed by atoms with Crippen molar-refractivity contribution >= 4 is 11.6 Å². The van der Waals surface area contributed by atoms with Gasteiger partial charge in [-0.1, -0.05) is 23.7 Å². The third kappa shape index (κ3) is 2.04. The Kier molecular flexibility index (Phi) is 2.45. The van der Waals surface area contributed by atoms with Crippen molar-refractivity contribution in [1.29, 1.82) is 0 Å². The number of nitrogens with one attached hydrogen (secondary N) is 1. The van der Waals surface area contributed by atoms with Crippen LogP contribution < -0.4 is 5.32 Å². The quantitative estimate of drug-likeness (QED) is 0.810. The summed E-state index contributed by atoms with van der Waals surface area (Å²) in [6.07, 6.45) is 6.29. The number of benzene rings is 1. The summed E-state index contributed by atoms with van der Waals surface area (Å²) in [5.74, 6) is 0. The van der Waals surface area contributed by atoms with Crippen molar-refractivity contribution in [3.63, 3.8) is 0 Å². The highest BCUT2D eigenvalue weighted by molar-refractivity contribution is 6.31. The molecule has 0 bridgehead atoms. The molecule has 3 rings (SSSR count). The van der Waals surface area contributed by atoms with Gasteiger partial charge >= 0.3 is 0 Å². The van der Waals surface area contributed by atoms with Gasteiger partial charge < -0.3 is 5.32 Å². The normalized spacial score (nSPS) is 25.0. The topological polar surface area (TPSA) is 12.0 Å². The van der Waals surface area contributed by atoms with Crippen LogP contribution in [0.5, 0.6) is 0 Å². The molecule has 1 unspecified atom stereocenters. The molecule has 1 N–H and O–H groups in total. The molecule has 1 nitrogen and oxygen atoms in total. The van der Waals surface area contributed by atoms with Crippen molar-refractivity contribution in [3.05, 3.63) is 34.3 Å². The van der Waals surface area contributed by atoms with Crippen LogP contribution >= 0.6 is 11.6 Å². The Morgan fingerprint density at radius 2 is 2.00 bits per heavy atom. The molecule has 0 amide bonds. The van der Waals surface area contributed by atoms with Crippen LogP contribution in [0.1, 0.15) is 30.4 Å². The van der Waals surface area contributed by atoms with Crippen molar-refractivity contribution in [2.75, 3.05) is 0 Å². The van der Waals surface area contributed by atoms with Crippen molar-refractivity contribution in [2.24, 2.45) is 0 Å². The second kappa shape index (κ2) is 3.80. The first kappa shape index (κ1) is 9.68. The molecule has 2 aliphatic carbocycles. The van der Waals surface area contributed by atoms with E-state index in [-0.39, 0.29) is 0 Å². The fourth-order valence-electron chi connectivity index (χ4n) is 2.49. The van der Waals surface area contributed by atoms with E-state index >= 15 is 0 Å². The van der Waals surface area contributed by atoms with Crippen LogP contribution in [-0.4, -0.2) is 12.1 Å². The first-order valence-corrected chi connectivity index (χ1v) is 6.23. The number of hydrogen-bond donors (Lipinski definition) is 1. The summed E-state index contributed by atoms with van der Waals surface area (Å²) < 4.78 is 0. The summed E-state index contributed by atoms with van der Waals surface area (Å²) in [5.41, 5.74) is 2.83. The lowest BCUT2D eigenvalue weighted by Crippen LogP contribution is -2.36. The second-order valence-corrected chi connectivity index (χ2v) is 5.17. The first-order chi connectivity index (χ1) is 7.33. The SMILES string of the molecule is Clc1cccc2c1CCC(NC1CC1)C2. The largest absolute Gasteiger partial charge is 0.311 e. The van der Waals surface area contributed by atoms with Crippen LogP contribution in [0.4, 0.5) is 0 Å². The lowest BCUT2D eigenvalue weighted by atomic mass is 9.88. The molecule has 0 radical (unpaired) electrons. The van der Waals surface area contributed by atoms with E-state index in [4.69, 9.17) is 11.6 Å².